The first-order valence-electron chi connectivity index (χ1n) is 9.70. The number of rotatable bonds is 6. The fourth-order valence-corrected chi connectivity index (χ4v) is 2.98. The summed E-state index contributed by atoms with van der Waals surface area (Å²) in [5.74, 6) is 1.07. The van der Waals surface area contributed by atoms with Crippen LogP contribution in [0.25, 0.3) is 0 Å². The van der Waals surface area contributed by atoms with Crippen molar-refractivity contribution in [3.63, 3.8) is 0 Å². The third-order valence-corrected chi connectivity index (χ3v) is 4.40. The van der Waals surface area contributed by atoms with Crippen LogP contribution in [-0.4, -0.2) is 39.4 Å². The van der Waals surface area contributed by atoms with E-state index in [4.69, 9.17) is 4.74 Å². The maximum absolute atomic E-state index is 10.2. The zero-order valence-corrected chi connectivity index (χ0v) is 16.3. The summed E-state index contributed by atoms with van der Waals surface area (Å²) < 4.78 is 5.42. The van der Waals surface area contributed by atoms with Gasteiger partial charge in [0.1, 0.15) is 5.75 Å². The van der Waals surface area contributed by atoms with Crippen molar-refractivity contribution in [1.82, 2.24) is 19.9 Å². The van der Waals surface area contributed by atoms with Crippen LogP contribution in [0.4, 0.5) is 5.69 Å². The van der Waals surface area contributed by atoms with E-state index >= 15 is 0 Å². The lowest BCUT2D eigenvalue weighted by atomic mass is 10.1. The lowest BCUT2D eigenvalue weighted by Gasteiger charge is -2.25. The molecule has 4 rings (SSSR count). The highest BCUT2D eigenvalue weighted by molar-refractivity contribution is 5.71. The van der Waals surface area contributed by atoms with Gasteiger partial charge in [0.05, 0.1) is 11.9 Å². The van der Waals surface area contributed by atoms with Gasteiger partial charge in [0.2, 0.25) is 12.3 Å². The minimum atomic E-state index is 0. The second-order valence-electron chi connectivity index (χ2n) is 6.59. The van der Waals surface area contributed by atoms with Gasteiger partial charge in [0, 0.05) is 32.2 Å². The van der Waals surface area contributed by atoms with Crippen LogP contribution in [0.2, 0.25) is 0 Å². The van der Waals surface area contributed by atoms with Crippen LogP contribution in [0.15, 0.2) is 67.3 Å². The van der Waals surface area contributed by atoms with Gasteiger partial charge in [0.15, 0.2) is 0 Å². The monoisotopic (exact) mass is 393 g/mol. The number of nitrogens with zero attached hydrogens (tertiary/aromatic N) is 4. The quantitative estimate of drug-likeness (QED) is 0.634. The van der Waals surface area contributed by atoms with Crippen LogP contribution >= 0.6 is 0 Å². The number of likely N-dealkylation sites (tertiary alicyclic amines) is 1. The molecule has 7 heteroatoms. The first kappa shape index (κ1) is 20.4. The molecule has 1 fully saturated rings. The van der Waals surface area contributed by atoms with Gasteiger partial charge in [-0.05, 0) is 62.3 Å². The van der Waals surface area contributed by atoms with Crippen LogP contribution in [0.3, 0.4) is 0 Å². The highest BCUT2D eigenvalue weighted by Crippen LogP contribution is 2.20. The van der Waals surface area contributed by atoms with Gasteiger partial charge >= 0.3 is 0 Å². The molecule has 1 amide bonds. The molecular formula is C22H27N5O2. The molecule has 1 aliphatic rings. The number of amides is 1. The molecular weight excluding hydrogens is 366 g/mol. The van der Waals surface area contributed by atoms with E-state index < -0.39 is 0 Å². The minimum Gasteiger partial charge on any atom is -0.438 e. The van der Waals surface area contributed by atoms with E-state index in [0.717, 1.165) is 6.54 Å². The Labute approximate surface area is 172 Å². The number of piperidine rings is 1. The fraction of sp³-hybridized carbons (Fsp3) is 0.273. The Morgan fingerprint density at radius 1 is 1.00 bits per heavy atom. The van der Waals surface area contributed by atoms with Crippen LogP contribution in [0, 0.1) is 0 Å². The van der Waals surface area contributed by atoms with Gasteiger partial charge in [-0.3, -0.25) is 19.7 Å². The third kappa shape index (κ3) is 7.31. The molecule has 0 bridgehead atoms. The Morgan fingerprint density at radius 3 is 2.48 bits per heavy atom. The van der Waals surface area contributed by atoms with E-state index in [1.54, 1.807) is 36.7 Å². The van der Waals surface area contributed by atoms with E-state index in [0.29, 0.717) is 23.7 Å². The number of nitrogens with one attached hydrogen (secondary N) is 1. The van der Waals surface area contributed by atoms with Crippen molar-refractivity contribution in [1.29, 1.82) is 0 Å². The molecule has 1 N–H and O–H groups in total. The number of carbonyl (C=O) groups is 1. The normalized spacial score (nSPS) is 13.7. The smallest absolute Gasteiger partial charge is 0.237 e. The number of anilines is 1. The molecule has 0 radical (unpaired) electrons. The van der Waals surface area contributed by atoms with E-state index in [1.165, 1.54) is 44.2 Å². The predicted octanol–water partition coefficient (Wildman–Crippen LogP) is 4.15. The molecule has 0 unspecified atom stereocenters. The minimum absolute atomic E-state index is 0. The Hall–Kier alpha value is -3.32. The molecule has 3 aromatic rings. The van der Waals surface area contributed by atoms with Crippen molar-refractivity contribution in [2.75, 3.05) is 18.4 Å². The highest BCUT2D eigenvalue weighted by atomic mass is 16.5. The Morgan fingerprint density at radius 2 is 1.83 bits per heavy atom. The number of ether oxygens (including phenoxy) is 1. The molecule has 1 aromatic carbocycles. The van der Waals surface area contributed by atoms with E-state index in [9.17, 15) is 4.79 Å². The van der Waals surface area contributed by atoms with Crippen molar-refractivity contribution in [3.8, 4) is 11.6 Å². The van der Waals surface area contributed by atoms with Crippen molar-refractivity contribution in [3.05, 3.63) is 72.9 Å². The summed E-state index contributed by atoms with van der Waals surface area (Å²) in [5.41, 5.74) is 1.91. The number of hydrogen-bond acceptors (Lipinski definition) is 6. The molecule has 3 heterocycles. The lowest BCUT2D eigenvalue weighted by Crippen LogP contribution is -2.29. The average molecular weight is 393 g/mol. The van der Waals surface area contributed by atoms with Gasteiger partial charge in [-0.2, -0.15) is 0 Å². The highest BCUT2D eigenvalue weighted by Gasteiger charge is 2.10. The third-order valence-electron chi connectivity index (χ3n) is 4.40. The Kier molecular flexibility index (Phi) is 8.10. The summed E-state index contributed by atoms with van der Waals surface area (Å²) in [5, 5.41) is 2.53. The maximum atomic E-state index is 10.2. The van der Waals surface area contributed by atoms with Gasteiger partial charge < -0.3 is 10.1 Å². The van der Waals surface area contributed by atoms with Crippen LogP contribution < -0.4 is 10.1 Å². The predicted molar refractivity (Wildman–Crippen MR) is 114 cm³/mol. The van der Waals surface area contributed by atoms with Crippen molar-refractivity contribution < 1.29 is 11.0 Å². The summed E-state index contributed by atoms with van der Waals surface area (Å²) in [6.07, 6.45) is 11.3. The molecule has 29 heavy (non-hydrogen) atoms. The summed E-state index contributed by atoms with van der Waals surface area (Å²) >= 11 is 0. The molecule has 1 aliphatic heterocycles. The molecule has 0 atom stereocenters. The molecule has 0 saturated carbocycles. The zero-order valence-electron chi connectivity index (χ0n) is 16.3. The van der Waals surface area contributed by atoms with Crippen molar-refractivity contribution >= 4 is 12.1 Å². The van der Waals surface area contributed by atoms with E-state index in [1.807, 2.05) is 12.3 Å². The molecule has 7 nitrogen and oxygen atoms in total. The van der Waals surface area contributed by atoms with Crippen LogP contribution in [0.1, 0.15) is 26.4 Å². The topological polar surface area (TPSA) is 80.2 Å². The molecule has 0 spiro atoms. The number of benzene rings is 1. The number of hydrogen-bond donors (Lipinski definition) is 1. The van der Waals surface area contributed by atoms with Gasteiger partial charge in [-0.25, -0.2) is 4.98 Å². The number of carbonyl (C=O) groups excluding carboxylic acids is 1. The molecule has 152 valence electrons. The standard InChI is InChI=1S/C11H9N3O2.C11H16N2.H2/c15-8-14-9-1-3-10(4-2-9)16-11-7-12-5-6-13-11;1-4-8-13(9-5-1)10-11-6-2-3-7-12-11;/h1-8H,(H,14,15);2-3,6-7H,1,4-5,8-10H2;1H. The Balaban J connectivity index is 0.000000211. The van der Waals surface area contributed by atoms with E-state index in [2.05, 4.69) is 37.3 Å². The zero-order chi connectivity index (χ0) is 20.2. The first-order chi connectivity index (χ1) is 14.3. The summed E-state index contributed by atoms with van der Waals surface area (Å²) in [6.45, 7) is 3.52. The van der Waals surface area contributed by atoms with Gasteiger partial charge in [-0.15, -0.1) is 0 Å². The maximum Gasteiger partial charge on any atom is 0.237 e. The van der Waals surface area contributed by atoms with Crippen molar-refractivity contribution in [2.45, 2.75) is 25.8 Å². The molecule has 2 aromatic heterocycles. The molecule has 0 aliphatic carbocycles. The number of aromatic nitrogens is 3. The van der Waals surface area contributed by atoms with E-state index in [-0.39, 0.29) is 1.43 Å². The second kappa shape index (κ2) is 11.5. The lowest BCUT2D eigenvalue weighted by molar-refractivity contribution is -0.105. The summed E-state index contributed by atoms with van der Waals surface area (Å²) in [7, 11) is 0. The first-order valence-corrected chi connectivity index (χ1v) is 9.70. The van der Waals surface area contributed by atoms with Gasteiger partial charge in [-0.1, -0.05) is 12.5 Å². The largest absolute Gasteiger partial charge is 0.438 e. The van der Waals surface area contributed by atoms with Crippen LogP contribution in [0.5, 0.6) is 11.6 Å². The van der Waals surface area contributed by atoms with Gasteiger partial charge in [0.25, 0.3) is 0 Å². The fourth-order valence-electron chi connectivity index (χ4n) is 2.98. The SMILES string of the molecule is O=CNc1ccc(Oc2cnccn2)cc1.[HH].c1ccc(CN2CCCCC2)nc1. The second-order valence-corrected chi connectivity index (χ2v) is 6.59. The Bertz CT molecular complexity index is 844. The summed E-state index contributed by atoms with van der Waals surface area (Å²) in [6, 6.07) is 13.1. The van der Waals surface area contributed by atoms with Crippen LogP contribution in [-0.2, 0) is 11.3 Å². The van der Waals surface area contributed by atoms with Crippen molar-refractivity contribution in [2.24, 2.45) is 0 Å². The summed E-state index contributed by atoms with van der Waals surface area (Å²) in [4.78, 5) is 24.9. The molecule has 1 saturated heterocycles. The average Bonchev–Trinajstić information content (AvgIpc) is 2.78. The number of pyridine rings is 1.